The lowest BCUT2D eigenvalue weighted by atomic mass is 9.92. The van der Waals surface area contributed by atoms with Crippen molar-refractivity contribution >= 4 is 35.8 Å². The second-order valence-corrected chi connectivity index (χ2v) is 14.7. The Balaban J connectivity index is 1.37. The molecule has 3 aromatic rings. The summed E-state index contributed by atoms with van der Waals surface area (Å²) >= 11 is 0. The molecule has 2 heterocycles. The molecular weight excluding hydrogens is 688 g/mol. The molecule has 0 saturated carbocycles. The number of nitrogens with one attached hydrogen (secondary N) is 5. The lowest BCUT2D eigenvalue weighted by Crippen LogP contribution is -2.60. The van der Waals surface area contributed by atoms with Gasteiger partial charge in [-0.15, -0.1) is 0 Å². The highest BCUT2D eigenvalue weighted by molar-refractivity contribution is 6.04. The van der Waals surface area contributed by atoms with Gasteiger partial charge >= 0.3 is 12.1 Å². The van der Waals surface area contributed by atoms with Gasteiger partial charge in [-0.1, -0.05) is 85.8 Å². The molecule has 0 aromatic heterocycles. The van der Waals surface area contributed by atoms with Crippen LogP contribution in [-0.2, 0) is 19.1 Å². The molecular formula is C41H50N6O7. The molecule has 0 aliphatic carbocycles. The fraction of sp³-hybridized carbons (Fsp3) is 0.415. The zero-order valence-corrected chi connectivity index (χ0v) is 31.2. The van der Waals surface area contributed by atoms with Crippen LogP contribution >= 0.6 is 0 Å². The minimum absolute atomic E-state index is 0.0532. The summed E-state index contributed by atoms with van der Waals surface area (Å²) in [5.74, 6) is -2.58. The van der Waals surface area contributed by atoms with Gasteiger partial charge in [0.05, 0.1) is 6.04 Å². The molecule has 286 valence electrons. The van der Waals surface area contributed by atoms with E-state index < -0.39 is 65.5 Å². The summed E-state index contributed by atoms with van der Waals surface area (Å²) in [6, 6.07) is 23.0. The second kappa shape index (κ2) is 17.9. The number of imide groups is 1. The monoisotopic (exact) mass is 738 g/mol. The van der Waals surface area contributed by atoms with Gasteiger partial charge in [-0.3, -0.25) is 24.5 Å². The van der Waals surface area contributed by atoms with E-state index in [1.54, 1.807) is 62.9 Å². The number of alkyl carbamates (subject to hydrolysis) is 1. The first kappa shape index (κ1) is 39.5. The number of hydrogen-bond acceptors (Lipinski definition) is 7. The molecule has 54 heavy (non-hydrogen) atoms. The van der Waals surface area contributed by atoms with Crippen LogP contribution in [0.4, 0.5) is 9.59 Å². The summed E-state index contributed by atoms with van der Waals surface area (Å²) in [7, 11) is 0. The van der Waals surface area contributed by atoms with E-state index >= 15 is 0 Å². The van der Waals surface area contributed by atoms with Gasteiger partial charge in [0.15, 0.2) is 0 Å². The van der Waals surface area contributed by atoms with Crippen molar-refractivity contribution in [3.8, 4) is 0 Å². The predicted octanol–water partition coefficient (Wildman–Crippen LogP) is 4.59. The fourth-order valence-electron chi connectivity index (χ4n) is 7.07. The average molecular weight is 739 g/mol. The van der Waals surface area contributed by atoms with Gasteiger partial charge in [-0.2, -0.15) is 0 Å². The Bertz CT molecular complexity index is 1740. The number of benzene rings is 3. The summed E-state index contributed by atoms with van der Waals surface area (Å²) in [6.07, 6.45) is 1.38. The van der Waals surface area contributed by atoms with Crippen LogP contribution in [0, 0.1) is 5.92 Å². The van der Waals surface area contributed by atoms with E-state index in [4.69, 9.17) is 4.74 Å². The van der Waals surface area contributed by atoms with Crippen molar-refractivity contribution in [3.05, 3.63) is 108 Å². The molecule has 13 heteroatoms. The first-order chi connectivity index (χ1) is 25.8. The second-order valence-electron chi connectivity index (χ2n) is 14.7. The topological polar surface area (TPSA) is 175 Å². The third-order valence-corrected chi connectivity index (χ3v) is 9.72. The molecule has 0 bridgehead atoms. The molecule has 5 atom stereocenters. The molecule has 2 aliphatic rings. The normalized spacial score (nSPS) is 20.2. The summed E-state index contributed by atoms with van der Waals surface area (Å²) in [4.78, 5) is 82.4. The van der Waals surface area contributed by atoms with Gasteiger partial charge in [0.25, 0.3) is 5.91 Å². The fourth-order valence-corrected chi connectivity index (χ4v) is 7.07. The molecule has 2 saturated heterocycles. The van der Waals surface area contributed by atoms with Gasteiger partial charge in [-0.25, -0.2) is 9.59 Å². The lowest BCUT2D eigenvalue weighted by molar-refractivity contribution is -0.143. The number of carbonyl (C=O) groups excluding carboxylic acids is 6. The summed E-state index contributed by atoms with van der Waals surface area (Å²) < 4.78 is 5.36. The Hall–Kier alpha value is -5.72. The third kappa shape index (κ3) is 10.2. The van der Waals surface area contributed by atoms with Gasteiger partial charge < -0.3 is 30.9 Å². The largest absolute Gasteiger partial charge is 0.444 e. The summed E-state index contributed by atoms with van der Waals surface area (Å²) in [6.45, 7) is 6.79. The quantitative estimate of drug-likeness (QED) is 0.191. The van der Waals surface area contributed by atoms with Gasteiger partial charge in [0, 0.05) is 24.1 Å². The number of carbonyl (C=O) groups is 6. The standard InChI is InChI=1S/C41H50N6O7/c1-5-31(43-40(53)54-41(2,3)4)36(49)45-34-29(25-42-39(52)46-35(48)28-19-13-8-14-20-28)21-22-30-23-24-32(47(30)38(34)51)37(50)44-33(26-15-9-6-10-16-26)27-17-11-7-12-18-27/h6-20,29-34H,5,21-25H2,1-4H3,(H,43,53)(H,44,50)(H,45,49)(H2,42,46,48,52)/t29-,30?,31+,32+,34+/m1/s1. The number of urea groups is 1. The number of nitrogens with zero attached hydrogens (tertiary/aromatic N) is 1. The summed E-state index contributed by atoms with van der Waals surface area (Å²) in [5.41, 5.74) is 1.28. The molecule has 5 N–H and O–H groups in total. The molecule has 1 unspecified atom stereocenters. The Labute approximate surface area is 316 Å². The zero-order chi connectivity index (χ0) is 38.8. The van der Waals surface area contributed by atoms with Crippen LogP contribution in [0.15, 0.2) is 91.0 Å². The molecule has 0 spiro atoms. The van der Waals surface area contributed by atoms with Crippen LogP contribution < -0.4 is 26.6 Å². The number of rotatable bonds is 11. The van der Waals surface area contributed by atoms with Gasteiger partial charge in [-0.05, 0) is 76.1 Å². The SMILES string of the molecule is CC[C@H](NC(=O)OC(C)(C)C)C(=O)N[C@@H]1C(=O)N2C(CC[C@@H]1CNC(=O)NC(=O)c1ccccc1)CC[C@H]2C(=O)NC(c1ccccc1)c1ccccc1. The number of fused-ring (bicyclic) bond motifs is 1. The van der Waals surface area contributed by atoms with E-state index in [1.165, 1.54) is 0 Å². The Morgan fingerprint density at radius 3 is 1.94 bits per heavy atom. The predicted molar refractivity (Wildman–Crippen MR) is 202 cm³/mol. The Morgan fingerprint density at radius 2 is 1.37 bits per heavy atom. The molecule has 5 rings (SSSR count). The van der Waals surface area contributed by atoms with E-state index in [-0.39, 0.29) is 24.9 Å². The molecule has 2 aliphatic heterocycles. The van der Waals surface area contributed by atoms with E-state index in [2.05, 4.69) is 26.6 Å². The van der Waals surface area contributed by atoms with Gasteiger partial charge in [0.2, 0.25) is 17.7 Å². The Kier molecular flexibility index (Phi) is 13.1. The van der Waals surface area contributed by atoms with E-state index in [9.17, 15) is 28.8 Å². The average Bonchev–Trinajstić information content (AvgIpc) is 3.54. The van der Waals surface area contributed by atoms with Crippen molar-refractivity contribution in [2.24, 2.45) is 5.92 Å². The number of amides is 7. The number of ether oxygens (including phenoxy) is 1. The van der Waals surface area contributed by atoms with Crippen LogP contribution in [-0.4, -0.2) is 77.0 Å². The van der Waals surface area contributed by atoms with Gasteiger partial charge in [0.1, 0.15) is 23.7 Å². The molecule has 0 radical (unpaired) electrons. The van der Waals surface area contributed by atoms with Crippen molar-refractivity contribution in [1.82, 2.24) is 31.5 Å². The first-order valence-corrected chi connectivity index (χ1v) is 18.5. The van der Waals surface area contributed by atoms with Crippen LogP contribution in [0.3, 0.4) is 0 Å². The molecule has 2 fully saturated rings. The lowest BCUT2D eigenvalue weighted by Gasteiger charge is -2.33. The van der Waals surface area contributed by atoms with Crippen molar-refractivity contribution in [3.63, 3.8) is 0 Å². The number of hydrogen-bond donors (Lipinski definition) is 5. The maximum absolute atomic E-state index is 14.7. The minimum atomic E-state index is -1.16. The smallest absolute Gasteiger partial charge is 0.408 e. The first-order valence-electron chi connectivity index (χ1n) is 18.5. The van der Waals surface area contributed by atoms with E-state index in [0.717, 1.165) is 11.1 Å². The van der Waals surface area contributed by atoms with Crippen molar-refractivity contribution < 1.29 is 33.5 Å². The zero-order valence-electron chi connectivity index (χ0n) is 31.2. The minimum Gasteiger partial charge on any atom is -0.444 e. The Morgan fingerprint density at radius 1 is 0.796 bits per heavy atom. The van der Waals surface area contributed by atoms with Crippen LogP contribution in [0.1, 0.15) is 87.3 Å². The van der Waals surface area contributed by atoms with Crippen LogP contribution in [0.25, 0.3) is 0 Å². The highest BCUT2D eigenvalue weighted by Gasteiger charge is 2.48. The molecule has 13 nitrogen and oxygen atoms in total. The van der Waals surface area contributed by atoms with Crippen molar-refractivity contribution in [2.45, 2.75) is 95.6 Å². The maximum Gasteiger partial charge on any atom is 0.408 e. The van der Waals surface area contributed by atoms with E-state index in [1.807, 2.05) is 60.7 Å². The molecule has 7 amide bonds. The highest BCUT2D eigenvalue weighted by atomic mass is 16.6. The van der Waals surface area contributed by atoms with Crippen LogP contribution in [0.2, 0.25) is 0 Å². The maximum atomic E-state index is 14.7. The summed E-state index contributed by atoms with van der Waals surface area (Å²) in [5, 5.41) is 13.7. The highest BCUT2D eigenvalue weighted by Crippen LogP contribution is 2.35. The molecule has 3 aromatic carbocycles. The van der Waals surface area contributed by atoms with Crippen molar-refractivity contribution in [1.29, 1.82) is 0 Å². The third-order valence-electron chi connectivity index (χ3n) is 9.72. The van der Waals surface area contributed by atoms with Crippen molar-refractivity contribution in [2.75, 3.05) is 6.54 Å². The van der Waals surface area contributed by atoms with E-state index in [0.29, 0.717) is 31.2 Å². The van der Waals surface area contributed by atoms with Crippen LogP contribution in [0.5, 0.6) is 0 Å².